The number of rotatable bonds is 2. The van der Waals surface area contributed by atoms with E-state index < -0.39 is 0 Å². The summed E-state index contributed by atoms with van der Waals surface area (Å²) in [7, 11) is 1.73. The van der Waals surface area contributed by atoms with Gasteiger partial charge in [0.1, 0.15) is 5.75 Å². The highest BCUT2D eigenvalue weighted by Crippen LogP contribution is 2.22. The fourth-order valence-corrected chi connectivity index (χ4v) is 2.44. The lowest BCUT2D eigenvalue weighted by atomic mass is 10.2. The Morgan fingerprint density at radius 2 is 1.88 bits per heavy atom. The molecule has 0 bridgehead atoms. The lowest BCUT2D eigenvalue weighted by molar-refractivity contribution is 0.0996. The van der Waals surface area contributed by atoms with Crippen molar-refractivity contribution >= 4 is 22.9 Å². The van der Waals surface area contributed by atoms with Crippen molar-refractivity contribution < 1.29 is 9.90 Å². The maximum absolute atomic E-state index is 12.2. The first-order chi connectivity index (χ1) is 8.09. The van der Waals surface area contributed by atoms with E-state index in [0.717, 1.165) is 16.1 Å². The average Bonchev–Trinajstić information content (AvgIpc) is 2.74. The van der Waals surface area contributed by atoms with Crippen molar-refractivity contribution in [2.45, 2.75) is 6.92 Å². The molecule has 1 amide bonds. The topological polar surface area (TPSA) is 40.5 Å². The second kappa shape index (κ2) is 4.59. The monoisotopic (exact) mass is 247 g/mol. The summed E-state index contributed by atoms with van der Waals surface area (Å²) in [5, 5.41) is 11.1. The number of amides is 1. The van der Waals surface area contributed by atoms with Gasteiger partial charge >= 0.3 is 0 Å². The van der Waals surface area contributed by atoms with E-state index in [-0.39, 0.29) is 11.7 Å². The highest BCUT2D eigenvalue weighted by atomic mass is 32.1. The van der Waals surface area contributed by atoms with Gasteiger partial charge in [-0.15, -0.1) is 11.3 Å². The number of carbonyl (C=O) groups excluding carboxylic acids is 1. The third kappa shape index (κ3) is 2.31. The van der Waals surface area contributed by atoms with Crippen LogP contribution < -0.4 is 4.90 Å². The Kier molecular flexibility index (Phi) is 3.15. The molecule has 1 aromatic carbocycles. The van der Waals surface area contributed by atoms with Gasteiger partial charge in [0.2, 0.25) is 0 Å². The zero-order valence-corrected chi connectivity index (χ0v) is 10.5. The highest BCUT2D eigenvalue weighted by Gasteiger charge is 2.16. The minimum absolute atomic E-state index is 0.0248. The lowest BCUT2D eigenvalue weighted by Gasteiger charge is -2.16. The quantitative estimate of drug-likeness (QED) is 0.886. The third-order valence-corrected chi connectivity index (χ3v) is 3.60. The summed E-state index contributed by atoms with van der Waals surface area (Å²) >= 11 is 1.44. The molecule has 1 heterocycles. The summed E-state index contributed by atoms with van der Waals surface area (Å²) < 4.78 is 0. The van der Waals surface area contributed by atoms with Crippen LogP contribution in [0.5, 0.6) is 5.75 Å². The van der Waals surface area contributed by atoms with Crippen LogP contribution in [0.15, 0.2) is 35.7 Å². The zero-order chi connectivity index (χ0) is 12.4. The van der Waals surface area contributed by atoms with E-state index in [1.165, 1.54) is 11.3 Å². The maximum atomic E-state index is 12.2. The van der Waals surface area contributed by atoms with Gasteiger partial charge in [-0.1, -0.05) is 0 Å². The number of aromatic hydroxyl groups is 1. The SMILES string of the molecule is Cc1ccsc1C(=O)N(C)c1ccc(O)cc1. The van der Waals surface area contributed by atoms with Crippen molar-refractivity contribution in [3.05, 3.63) is 46.2 Å². The van der Waals surface area contributed by atoms with Gasteiger partial charge < -0.3 is 10.0 Å². The largest absolute Gasteiger partial charge is 0.508 e. The number of benzene rings is 1. The molecule has 3 nitrogen and oxygen atoms in total. The molecule has 1 N–H and O–H groups in total. The van der Waals surface area contributed by atoms with Crippen molar-refractivity contribution in [3.63, 3.8) is 0 Å². The van der Waals surface area contributed by atoms with E-state index in [1.807, 2.05) is 18.4 Å². The predicted octanol–water partition coefficient (Wildman–Crippen LogP) is 3.04. The van der Waals surface area contributed by atoms with Crippen molar-refractivity contribution in [1.29, 1.82) is 0 Å². The number of aryl methyl sites for hydroxylation is 1. The second-order valence-electron chi connectivity index (χ2n) is 3.81. The third-order valence-electron chi connectivity index (χ3n) is 2.60. The Labute approximate surface area is 104 Å². The van der Waals surface area contributed by atoms with E-state index in [1.54, 1.807) is 36.2 Å². The molecule has 0 spiro atoms. The highest BCUT2D eigenvalue weighted by molar-refractivity contribution is 7.12. The van der Waals surface area contributed by atoms with Gasteiger partial charge in [-0.05, 0) is 48.2 Å². The van der Waals surface area contributed by atoms with Crippen LogP contribution in [-0.2, 0) is 0 Å². The molecule has 0 atom stereocenters. The van der Waals surface area contributed by atoms with Gasteiger partial charge in [-0.2, -0.15) is 0 Å². The normalized spacial score (nSPS) is 10.2. The van der Waals surface area contributed by atoms with Crippen LogP contribution in [0, 0.1) is 6.92 Å². The van der Waals surface area contributed by atoms with Crippen LogP contribution in [0.1, 0.15) is 15.2 Å². The summed E-state index contributed by atoms with van der Waals surface area (Å²) in [4.78, 5) is 14.5. The minimum atomic E-state index is -0.0248. The molecule has 2 aromatic rings. The van der Waals surface area contributed by atoms with E-state index in [0.29, 0.717) is 0 Å². The Morgan fingerprint density at radius 1 is 1.24 bits per heavy atom. The molecular weight excluding hydrogens is 234 g/mol. The summed E-state index contributed by atoms with van der Waals surface area (Å²) in [6.45, 7) is 1.92. The first-order valence-corrected chi connectivity index (χ1v) is 6.09. The predicted molar refractivity (Wildman–Crippen MR) is 69.9 cm³/mol. The van der Waals surface area contributed by atoms with Crippen LogP contribution in [-0.4, -0.2) is 18.1 Å². The van der Waals surface area contributed by atoms with Gasteiger partial charge in [0.05, 0.1) is 4.88 Å². The molecular formula is C13H13NO2S. The van der Waals surface area contributed by atoms with Gasteiger partial charge in [0, 0.05) is 12.7 Å². The molecule has 88 valence electrons. The molecule has 17 heavy (non-hydrogen) atoms. The summed E-state index contributed by atoms with van der Waals surface area (Å²) in [5.74, 6) is 0.171. The Hall–Kier alpha value is -1.81. The van der Waals surface area contributed by atoms with Crippen LogP contribution in [0.3, 0.4) is 0 Å². The van der Waals surface area contributed by atoms with E-state index >= 15 is 0 Å². The molecule has 0 unspecified atom stereocenters. The molecule has 0 saturated heterocycles. The molecule has 0 fully saturated rings. The molecule has 4 heteroatoms. The molecule has 0 radical (unpaired) electrons. The van der Waals surface area contributed by atoms with Gasteiger partial charge in [-0.3, -0.25) is 4.79 Å². The van der Waals surface area contributed by atoms with Crippen molar-refractivity contribution in [3.8, 4) is 5.75 Å². The second-order valence-corrected chi connectivity index (χ2v) is 4.73. The van der Waals surface area contributed by atoms with Crippen LogP contribution in [0.2, 0.25) is 0 Å². The van der Waals surface area contributed by atoms with Gasteiger partial charge in [0.15, 0.2) is 0 Å². The lowest BCUT2D eigenvalue weighted by Crippen LogP contribution is -2.25. The Morgan fingerprint density at radius 3 is 2.41 bits per heavy atom. The summed E-state index contributed by atoms with van der Waals surface area (Å²) in [6, 6.07) is 8.51. The Balaban J connectivity index is 2.26. The standard InChI is InChI=1S/C13H13NO2S/c1-9-7-8-17-12(9)13(16)14(2)10-3-5-11(15)6-4-10/h3-8,15H,1-2H3. The van der Waals surface area contributed by atoms with E-state index in [2.05, 4.69) is 0 Å². The summed E-state index contributed by atoms with van der Waals surface area (Å²) in [5.41, 5.74) is 1.76. The fraction of sp³-hybridized carbons (Fsp3) is 0.154. The van der Waals surface area contributed by atoms with Crippen LogP contribution in [0.25, 0.3) is 0 Å². The molecule has 2 rings (SSSR count). The first-order valence-electron chi connectivity index (χ1n) is 5.21. The number of phenols is 1. The average molecular weight is 247 g/mol. The van der Waals surface area contributed by atoms with E-state index in [9.17, 15) is 9.90 Å². The number of nitrogens with zero attached hydrogens (tertiary/aromatic N) is 1. The first kappa shape index (κ1) is 11.7. The number of hydrogen-bond donors (Lipinski definition) is 1. The van der Waals surface area contributed by atoms with Crippen LogP contribution in [0.4, 0.5) is 5.69 Å². The number of hydrogen-bond acceptors (Lipinski definition) is 3. The number of anilines is 1. The molecule has 0 aliphatic carbocycles. The maximum Gasteiger partial charge on any atom is 0.268 e. The van der Waals surface area contributed by atoms with Gasteiger partial charge in [0.25, 0.3) is 5.91 Å². The zero-order valence-electron chi connectivity index (χ0n) is 9.68. The number of phenolic OH excluding ortho intramolecular Hbond substituents is 1. The Bertz CT molecular complexity index is 531. The van der Waals surface area contributed by atoms with Crippen molar-refractivity contribution in [2.24, 2.45) is 0 Å². The summed E-state index contributed by atoms with van der Waals surface area (Å²) in [6.07, 6.45) is 0. The molecule has 0 saturated carbocycles. The smallest absolute Gasteiger partial charge is 0.268 e. The molecule has 1 aromatic heterocycles. The molecule has 0 aliphatic rings. The minimum Gasteiger partial charge on any atom is -0.508 e. The fourth-order valence-electron chi connectivity index (χ4n) is 1.54. The number of thiophene rings is 1. The van der Waals surface area contributed by atoms with Gasteiger partial charge in [-0.25, -0.2) is 0 Å². The van der Waals surface area contributed by atoms with E-state index in [4.69, 9.17) is 0 Å². The molecule has 0 aliphatic heterocycles. The van der Waals surface area contributed by atoms with Crippen LogP contribution >= 0.6 is 11.3 Å². The van der Waals surface area contributed by atoms with Crippen molar-refractivity contribution in [2.75, 3.05) is 11.9 Å². The van der Waals surface area contributed by atoms with Crippen molar-refractivity contribution in [1.82, 2.24) is 0 Å². The number of carbonyl (C=O) groups is 1.